The van der Waals surface area contributed by atoms with Gasteiger partial charge in [-0.3, -0.25) is 9.55 Å². The minimum Gasteiger partial charge on any atom is -0.444 e. The highest BCUT2D eigenvalue weighted by atomic mass is 35.5. The molecule has 5 rings (SSSR count). The first-order valence-corrected chi connectivity index (χ1v) is 11.3. The van der Waals surface area contributed by atoms with Crippen molar-refractivity contribution in [2.24, 2.45) is 0 Å². The zero-order valence-corrected chi connectivity index (χ0v) is 18.7. The van der Waals surface area contributed by atoms with Gasteiger partial charge in [-0.05, 0) is 55.0 Å². The summed E-state index contributed by atoms with van der Waals surface area (Å²) in [6.45, 7) is 2.08. The summed E-state index contributed by atoms with van der Waals surface area (Å²) in [5.41, 5.74) is 4.77. The summed E-state index contributed by atoms with van der Waals surface area (Å²) in [7, 11) is 0. The molecular formula is C24H18ClN5OS. The predicted octanol–water partition coefficient (Wildman–Crippen LogP) is 6.24. The molecule has 0 unspecified atom stereocenters. The van der Waals surface area contributed by atoms with E-state index < -0.39 is 0 Å². The van der Waals surface area contributed by atoms with E-state index in [-0.39, 0.29) is 0 Å². The average Bonchev–Trinajstić information content (AvgIpc) is 3.46. The van der Waals surface area contributed by atoms with Crippen LogP contribution in [0.1, 0.15) is 11.3 Å². The van der Waals surface area contributed by atoms with E-state index >= 15 is 0 Å². The van der Waals surface area contributed by atoms with Crippen LogP contribution in [0, 0.1) is 6.92 Å². The second kappa shape index (κ2) is 8.98. The maximum atomic E-state index is 5.97. The Hall–Kier alpha value is -3.42. The number of pyridine rings is 1. The molecule has 0 atom stereocenters. The fourth-order valence-electron chi connectivity index (χ4n) is 3.31. The number of nitrogens with zero attached hydrogens (tertiary/aromatic N) is 5. The smallest absolute Gasteiger partial charge is 0.226 e. The Morgan fingerprint density at radius 2 is 1.81 bits per heavy atom. The van der Waals surface area contributed by atoms with Crippen LogP contribution >= 0.6 is 23.4 Å². The number of oxazole rings is 1. The van der Waals surface area contributed by atoms with Gasteiger partial charge in [0.25, 0.3) is 0 Å². The lowest BCUT2D eigenvalue weighted by molar-refractivity contribution is 0.573. The maximum absolute atomic E-state index is 5.97. The van der Waals surface area contributed by atoms with Gasteiger partial charge < -0.3 is 4.42 Å². The monoisotopic (exact) mass is 459 g/mol. The van der Waals surface area contributed by atoms with Crippen LogP contribution in [0.15, 0.2) is 88.9 Å². The van der Waals surface area contributed by atoms with Crippen molar-refractivity contribution >= 4 is 23.4 Å². The zero-order valence-electron chi connectivity index (χ0n) is 17.1. The van der Waals surface area contributed by atoms with E-state index in [0.717, 1.165) is 39.1 Å². The topological polar surface area (TPSA) is 69.6 Å². The van der Waals surface area contributed by atoms with Crippen molar-refractivity contribution in [1.82, 2.24) is 24.7 Å². The molecule has 6 nitrogen and oxygen atoms in total. The summed E-state index contributed by atoms with van der Waals surface area (Å²) < 4.78 is 7.74. The number of aryl methyl sites for hydroxylation is 1. The first-order chi connectivity index (χ1) is 15.7. The molecule has 3 heterocycles. The standard InChI is InChI=1S/C24H18ClN5OS/c1-16-5-2-3-7-21(16)30-22(18-6-4-12-26-13-18)28-29-24(30)32-15-20-14-31-23(27-20)17-8-10-19(25)11-9-17/h2-14H,15H2,1H3. The lowest BCUT2D eigenvalue weighted by Gasteiger charge is -2.12. The van der Waals surface area contributed by atoms with Gasteiger partial charge in [-0.1, -0.05) is 41.6 Å². The van der Waals surface area contributed by atoms with Gasteiger partial charge in [-0.25, -0.2) is 4.98 Å². The molecule has 8 heteroatoms. The summed E-state index contributed by atoms with van der Waals surface area (Å²) in [5.74, 6) is 1.90. The fraction of sp³-hybridized carbons (Fsp3) is 0.0833. The number of aromatic nitrogens is 5. The van der Waals surface area contributed by atoms with Crippen molar-refractivity contribution in [1.29, 1.82) is 0 Å². The molecule has 0 spiro atoms. The molecule has 0 amide bonds. The Morgan fingerprint density at radius 1 is 0.969 bits per heavy atom. The number of para-hydroxylation sites is 1. The molecule has 0 fully saturated rings. The van der Waals surface area contributed by atoms with Crippen molar-refractivity contribution in [2.75, 3.05) is 0 Å². The van der Waals surface area contributed by atoms with E-state index in [0.29, 0.717) is 16.7 Å². The highest BCUT2D eigenvalue weighted by Crippen LogP contribution is 2.31. The Bertz CT molecular complexity index is 1350. The van der Waals surface area contributed by atoms with Crippen LogP contribution < -0.4 is 0 Å². The minimum absolute atomic E-state index is 0.564. The Morgan fingerprint density at radius 3 is 2.59 bits per heavy atom. The van der Waals surface area contributed by atoms with Crippen LogP contribution in [0.2, 0.25) is 5.02 Å². The molecule has 3 aromatic heterocycles. The van der Waals surface area contributed by atoms with Crippen LogP contribution in [0.4, 0.5) is 0 Å². The number of hydrogen-bond donors (Lipinski definition) is 0. The zero-order chi connectivity index (χ0) is 21.9. The van der Waals surface area contributed by atoms with Crippen LogP contribution in [-0.4, -0.2) is 24.7 Å². The first kappa shape index (κ1) is 20.5. The van der Waals surface area contributed by atoms with E-state index in [2.05, 4.69) is 43.8 Å². The number of halogens is 1. The van der Waals surface area contributed by atoms with Crippen LogP contribution in [0.5, 0.6) is 0 Å². The summed E-state index contributed by atoms with van der Waals surface area (Å²) >= 11 is 7.53. The number of thioether (sulfide) groups is 1. The Labute approximate surface area is 194 Å². The summed E-state index contributed by atoms with van der Waals surface area (Å²) in [4.78, 5) is 8.85. The van der Waals surface area contributed by atoms with Crippen molar-refractivity contribution in [3.8, 4) is 28.5 Å². The molecule has 0 aliphatic carbocycles. The molecular weight excluding hydrogens is 442 g/mol. The largest absolute Gasteiger partial charge is 0.444 e. The van der Waals surface area contributed by atoms with Gasteiger partial charge in [0.2, 0.25) is 5.89 Å². The van der Waals surface area contributed by atoms with E-state index in [1.54, 1.807) is 30.4 Å². The Kier molecular flexibility index (Phi) is 5.75. The van der Waals surface area contributed by atoms with Gasteiger partial charge >= 0.3 is 0 Å². The molecule has 0 bridgehead atoms. The summed E-state index contributed by atoms with van der Waals surface area (Å²) in [6, 6.07) is 19.5. The van der Waals surface area contributed by atoms with Crippen LogP contribution in [0.3, 0.4) is 0 Å². The molecule has 5 aromatic rings. The molecule has 0 N–H and O–H groups in total. The van der Waals surface area contributed by atoms with Crippen LogP contribution in [-0.2, 0) is 5.75 Å². The highest BCUT2D eigenvalue weighted by Gasteiger charge is 2.18. The van der Waals surface area contributed by atoms with Crippen molar-refractivity contribution in [3.05, 3.63) is 95.6 Å². The second-order valence-corrected chi connectivity index (χ2v) is 8.49. The molecule has 0 aliphatic heterocycles. The van der Waals surface area contributed by atoms with E-state index in [1.165, 1.54) is 0 Å². The van der Waals surface area contributed by atoms with Gasteiger partial charge in [0.1, 0.15) is 6.26 Å². The van der Waals surface area contributed by atoms with Crippen molar-refractivity contribution in [3.63, 3.8) is 0 Å². The SMILES string of the molecule is Cc1ccccc1-n1c(SCc2coc(-c3ccc(Cl)cc3)n2)nnc1-c1cccnc1. The lowest BCUT2D eigenvalue weighted by atomic mass is 10.2. The first-order valence-electron chi connectivity index (χ1n) is 9.94. The average molecular weight is 460 g/mol. The van der Waals surface area contributed by atoms with Gasteiger partial charge in [0.15, 0.2) is 11.0 Å². The number of rotatable bonds is 6. The normalized spacial score (nSPS) is 11.1. The third-order valence-corrected chi connectivity index (χ3v) is 6.12. The third kappa shape index (κ3) is 4.17. The Balaban J connectivity index is 1.45. The quantitative estimate of drug-likeness (QED) is 0.280. The van der Waals surface area contributed by atoms with Crippen molar-refractivity contribution in [2.45, 2.75) is 17.8 Å². The molecule has 0 saturated carbocycles. The highest BCUT2D eigenvalue weighted by molar-refractivity contribution is 7.98. The van der Waals surface area contributed by atoms with E-state index in [4.69, 9.17) is 16.0 Å². The van der Waals surface area contributed by atoms with Crippen molar-refractivity contribution < 1.29 is 4.42 Å². The van der Waals surface area contributed by atoms with Crippen LogP contribution in [0.25, 0.3) is 28.5 Å². The molecule has 0 radical (unpaired) electrons. The summed E-state index contributed by atoms with van der Waals surface area (Å²) in [5, 5.41) is 10.4. The molecule has 0 saturated heterocycles. The van der Waals surface area contributed by atoms with Gasteiger partial charge in [0.05, 0.1) is 11.4 Å². The molecule has 2 aromatic carbocycles. The van der Waals surface area contributed by atoms with Gasteiger partial charge in [-0.2, -0.15) is 0 Å². The van der Waals surface area contributed by atoms with E-state index in [9.17, 15) is 0 Å². The molecule has 158 valence electrons. The molecule has 0 aliphatic rings. The lowest BCUT2D eigenvalue weighted by Crippen LogP contribution is -2.02. The van der Waals surface area contributed by atoms with Gasteiger partial charge in [-0.15, -0.1) is 10.2 Å². The van der Waals surface area contributed by atoms with Gasteiger partial charge in [0, 0.05) is 34.3 Å². The predicted molar refractivity (Wildman–Crippen MR) is 126 cm³/mol. The summed E-state index contributed by atoms with van der Waals surface area (Å²) in [6.07, 6.45) is 5.22. The second-order valence-electron chi connectivity index (χ2n) is 7.11. The maximum Gasteiger partial charge on any atom is 0.226 e. The van der Waals surface area contributed by atoms with E-state index in [1.807, 2.05) is 48.5 Å². The number of hydrogen-bond acceptors (Lipinski definition) is 6. The number of benzene rings is 2. The molecule has 32 heavy (non-hydrogen) atoms. The fourth-order valence-corrected chi connectivity index (χ4v) is 4.26. The third-order valence-electron chi connectivity index (χ3n) is 4.90. The minimum atomic E-state index is 0.564.